The van der Waals surface area contributed by atoms with E-state index in [0.717, 1.165) is 10.9 Å². The first-order chi connectivity index (χ1) is 12.4. The van der Waals surface area contributed by atoms with E-state index in [-0.39, 0.29) is 12.4 Å². The summed E-state index contributed by atoms with van der Waals surface area (Å²) in [6.07, 6.45) is 15.7. The predicted octanol–water partition coefficient (Wildman–Crippen LogP) is 4.75. The summed E-state index contributed by atoms with van der Waals surface area (Å²) >= 11 is 0. The van der Waals surface area contributed by atoms with Gasteiger partial charge in [0.25, 0.3) is 0 Å². The highest BCUT2D eigenvalue weighted by Crippen LogP contribution is 2.27. The van der Waals surface area contributed by atoms with E-state index in [1.54, 1.807) is 0 Å². The van der Waals surface area contributed by atoms with E-state index in [2.05, 4.69) is 48.7 Å². The Labute approximate surface area is 180 Å². The van der Waals surface area contributed by atoms with Gasteiger partial charge < -0.3 is 21.3 Å². The van der Waals surface area contributed by atoms with Gasteiger partial charge >= 0.3 is 0 Å². The Morgan fingerprint density at radius 3 is 1.44 bits per heavy atom. The van der Waals surface area contributed by atoms with E-state index >= 15 is 0 Å². The standard InChI is InChI=1S/C23H52NOSi.ClH/c1-8-13-14-15-16-17-18-19-20-21-22-24(6,7)23(9-2)25-26(10-3,11-4)12-5;/h23H,8-22H2,1-7H3;1H/q+1;/p-1. The molecule has 1 unspecified atom stereocenters. The summed E-state index contributed by atoms with van der Waals surface area (Å²) in [4.78, 5) is 0. The quantitative estimate of drug-likeness (QED) is 0.134. The molecule has 0 aromatic rings. The average molecular weight is 422 g/mol. The Hall–Kier alpha value is 0.427. The second kappa shape index (κ2) is 17.3. The van der Waals surface area contributed by atoms with Gasteiger partial charge in [-0.15, -0.1) is 0 Å². The number of hydrogen-bond acceptors (Lipinski definition) is 1. The van der Waals surface area contributed by atoms with Crippen LogP contribution in [0.1, 0.15) is 105 Å². The summed E-state index contributed by atoms with van der Waals surface area (Å²) < 4.78 is 7.90. The number of rotatable bonds is 18. The average Bonchev–Trinajstić information content (AvgIpc) is 2.64. The second-order valence-corrected chi connectivity index (χ2v) is 13.6. The molecule has 0 saturated heterocycles. The van der Waals surface area contributed by atoms with Crippen molar-refractivity contribution in [2.45, 2.75) is 130 Å². The van der Waals surface area contributed by atoms with Crippen molar-refractivity contribution < 1.29 is 21.3 Å². The molecule has 2 nitrogen and oxygen atoms in total. The van der Waals surface area contributed by atoms with Crippen LogP contribution in [-0.2, 0) is 4.43 Å². The fraction of sp³-hybridized carbons (Fsp3) is 1.00. The van der Waals surface area contributed by atoms with Gasteiger partial charge in [-0.1, -0.05) is 86.0 Å². The first-order valence-corrected chi connectivity index (χ1v) is 14.4. The summed E-state index contributed by atoms with van der Waals surface area (Å²) in [7, 11) is 3.28. The van der Waals surface area contributed by atoms with Crippen LogP contribution in [0.5, 0.6) is 0 Å². The molecule has 0 saturated carbocycles. The van der Waals surface area contributed by atoms with E-state index < -0.39 is 8.32 Å². The van der Waals surface area contributed by atoms with Gasteiger partial charge in [0.1, 0.15) is 0 Å². The molecule has 0 amide bonds. The normalized spacial score (nSPS) is 13.4. The molecule has 0 aliphatic heterocycles. The van der Waals surface area contributed by atoms with Crippen molar-refractivity contribution in [3.8, 4) is 0 Å². The number of halogens is 1. The monoisotopic (exact) mass is 421 g/mol. The lowest BCUT2D eigenvalue weighted by Gasteiger charge is -2.42. The smallest absolute Gasteiger partial charge is 0.199 e. The van der Waals surface area contributed by atoms with Gasteiger partial charge in [-0.3, -0.25) is 0 Å². The molecule has 0 aliphatic rings. The fourth-order valence-corrected chi connectivity index (χ4v) is 7.19. The van der Waals surface area contributed by atoms with E-state index in [1.807, 2.05) is 0 Å². The van der Waals surface area contributed by atoms with Crippen LogP contribution in [0.2, 0.25) is 18.1 Å². The van der Waals surface area contributed by atoms with Crippen molar-refractivity contribution in [3.63, 3.8) is 0 Å². The largest absolute Gasteiger partial charge is 1.00 e. The molecule has 0 aliphatic carbocycles. The first kappa shape index (κ1) is 29.6. The van der Waals surface area contributed by atoms with Gasteiger partial charge in [-0.05, 0) is 31.0 Å². The molecular weight excluding hydrogens is 370 g/mol. The lowest BCUT2D eigenvalue weighted by Crippen LogP contribution is -3.00. The van der Waals surface area contributed by atoms with Crippen LogP contribution in [0.15, 0.2) is 0 Å². The number of unbranched alkanes of at least 4 members (excludes halogenated alkanes) is 9. The Kier molecular flexibility index (Phi) is 19.0. The van der Waals surface area contributed by atoms with Gasteiger partial charge in [0.2, 0.25) is 0 Å². The molecule has 0 aromatic heterocycles. The van der Waals surface area contributed by atoms with Crippen LogP contribution in [0.25, 0.3) is 0 Å². The van der Waals surface area contributed by atoms with Crippen molar-refractivity contribution in [3.05, 3.63) is 0 Å². The number of nitrogens with zero attached hydrogens (tertiary/aromatic N) is 1. The molecule has 0 heterocycles. The third-order valence-electron chi connectivity index (χ3n) is 6.54. The minimum atomic E-state index is -1.51. The van der Waals surface area contributed by atoms with Crippen molar-refractivity contribution in [1.29, 1.82) is 0 Å². The van der Waals surface area contributed by atoms with Gasteiger partial charge in [0.05, 0.1) is 20.6 Å². The second-order valence-electron chi connectivity index (χ2n) is 8.91. The summed E-state index contributed by atoms with van der Waals surface area (Å²) in [5.74, 6) is 0. The van der Waals surface area contributed by atoms with Crippen LogP contribution >= 0.6 is 0 Å². The molecule has 0 radical (unpaired) electrons. The minimum Gasteiger partial charge on any atom is -1.00 e. The topological polar surface area (TPSA) is 9.23 Å². The Balaban J connectivity index is 0. The highest BCUT2D eigenvalue weighted by atomic mass is 35.5. The molecule has 0 bridgehead atoms. The maximum absolute atomic E-state index is 6.85. The van der Waals surface area contributed by atoms with E-state index in [9.17, 15) is 0 Å². The molecule has 4 heteroatoms. The van der Waals surface area contributed by atoms with Crippen LogP contribution in [0.3, 0.4) is 0 Å². The summed E-state index contributed by atoms with van der Waals surface area (Å²) in [5, 5.41) is 0. The maximum Gasteiger partial charge on any atom is 0.199 e. The summed E-state index contributed by atoms with van der Waals surface area (Å²) in [5.41, 5.74) is 0. The first-order valence-electron chi connectivity index (χ1n) is 11.9. The van der Waals surface area contributed by atoms with Crippen molar-refractivity contribution in [2.75, 3.05) is 20.6 Å². The van der Waals surface area contributed by atoms with Gasteiger partial charge in [0.15, 0.2) is 14.5 Å². The Bertz CT molecular complexity index is 313. The number of quaternary nitrogens is 1. The minimum absolute atomic E-state index is 0. The molecule has 0 spiro atoms. The van der Waals surface area contributed by atoms with Crippen LogP contribution < -0.4 is 12.4 Å². The van der Waals surface area contributed by atoms with E-state index in [1.165, 1.54) is 88.9 Å². The van der Waals surface area contributed by atoms with Crippen molar-refractivity contribution in [1.82, 2.24) is 0 Å². The Morgan fingerprint density at radius 1 is 0.667 bits per heavy atom. The van der Waals surface area contributed by atoms with Crippen LogP contribution in [0, 0.1) is 0 Å². The van der Waals surface area contributed by atoms with Crippen molar-refractivity contribution >= 4 is 8.32 Å². The molecule has 0 N–H and O–H groups in total. The zero-order valence-corrected chi connectivity index (χ0v) is 21.7. The maximum atomic E-state index is 6.85. The highest BCUT2D eigenvalue weighted by Gasteiger charge is 2.37. The van der Waals surface area contributed by atoms with Crippen LogP contribution in [0.4, 0.5) is 0 Å². The molecular formula is C23H52ClNOSi. The summed E-state index contributed by atoms with van der Waals surface area (Å²) in [6, 6.07) is 3.78. The Morgan fingerprint density at radius 2 is 1.07 bits per heavy atom. The molecule has 166 valence electrons. The van der Waals surface area contributed by atoms with Crippen molar-refractivity contribution in [2.24, 2.45) is 0 Å². The van der Waals surface area contributed by atoms with Gasteiger partial charge in [-0.25, -0.2) is 0 Å². The third kappa shape index (κ3) is 12.6. The van der Waals surface area contributed by atoms with Gasteiger partial charge in [0, 0.05) is 6.42 Å². The fourth-order valence-electron chi connectivity index (χ4n) is 4.16. The zero-order valence-electron chi connectivity index (χ0n) is 19.9. The summed E-state index contributed by atoms with van der Waals surface area (Å²) in [6.45, 7) is 12.9. The highest BCUT2D eigenvalue weighted by molar-refractivity contribution is 6.73. The molecule has 1 atom stereocenters. The molecule has 27 heavy (non-hydrogen) atoms. The van der Waals surface area contributed by atoms with Gasteiger partial charge in [-0.2, -0.15) is 0 Å². The third-order valence-corrected chi connectivity index (χ3v) is 11.2. The number of hydrogen-bond donors (Lipinski definition) is 0. The van der Waals surface area contributed by atoms with E-state index in [4.69, 9.17) is 4.43 Å². The lowest BCUT2D eigenvalue weighted by molar-refractivity contribution is -0.934. The van der Waals surface area contributed by atoms with Crippen LogP contribution in [-0.4, -0.2) is 39.7 Å². The molecule has 0 aromatic carbocycles. The molecule has 0 fully saturated rings. The van der Waals surface area contributed by atoms with E-state index in [0.29, 0.717) is 6.23 Å². The molecule has 0 rings (SSSR count). The SMILES string of the molecule is CCCCCCCCCCCC[N+](C)(C)C(CC)O[Si](CC)(CC)CC.[Cl-]. The zero-order chi connectivity index (χ0) is 19.9. The predicted molar refractivity (Wildman–Crippen MR) is 121 cm³/mol. The lowest BCUT2D eigenvalue weighted by atomic mass is 10.1.